The van der Waals surface area contributed by atoms with Gasteiger partial charge in [-0.2, -0.15) is 0 Å². The molecule has 38 valence electrons. The molecule has 0 bridgehead atoms. The van der Waals surface area contributed by atoms with Crippen molar-refractivity contribution in [3.8, 4) is 0 Å². The first-order chi connectivity index (χ1) is 0. The molecule has 0 aliphatic rings. The summed E-state index contributed by atoms with van der Waals surface area (Å²) in [7, 11) is 0. The van der Waals surface area contributed by atoms with Gasteiger partial charge in [-0.25, -0.2) is 0 Å². The largest absolute Gasteiger partial charge is 2.00 e. The van der Waals surface area contributed by atoms with Gasteiger partial charge in [0, 0.05) is 0 Å². The van der Waals surface area contributed by atoms with Crippen molar-refractivity contribution in [2.45, 2.75) is 0 Å². The molecule has 0 amide bonds. The van der Waals surface area contributed by atoms with Gasteiger partial charge >= 0.3 is 120 Å². The van der Waals surface area contributed by atoms with E-state index in [1.807, 2.05) is 0 Å². The molecule has 7 heteroatoms. The van der Waals surface area contributed by atoms with Gasteiger partial charge in [-0.1, -0.05) is 0 Å². The molecule has 0 unspecified atom stereocenters. The summed E-state index contributed by atoms with van der Waals surface area (Å²) in [6.45, 7) is 0. The van der Waals surface area contributed by atoms with E-state index in [2.05, 4.69) is 0 Å². The molecule has 0 aliphatic heterocycles. The molecule has 0 fully saturated rings. The van der Waals surface area contributed by atoms with Crippen molar-refractivity contribution in [3.05, 3.63) is 0 Å². The van der Waals surface area contributed by atoms with E-state index in [0.717, 1.165) is 0 Å². The van der Waals surface area contributed by atoms with Crippen LogP contribution < -0.4 is 145 Å². The summed E-state index contributed by atoms with van der Waals surface area (Å²) in [5, 5.41) is 0. The van der Waals surface area contributed by atoms with E-state index in [4.69, 9.17) is 0 Å². The van der Waals surface area contributed by atoms with Crippen LogP contribution in [0.4, 0.5) is 0 Å². The molecule has 7 heavy (non-hydrogen) atoms. The topological polar surface area (TPSA) is 0 Å². The fraction of sp³-hybridized carbons (Fsp3) is 0. The van der Waals surface area contributed by atoms with Crippen LogP contribution in [0.5, 0.6) is 0 Å². The maximum Gasteiger partial charge on any atom is 2.00 e. The molecule has 0 heterocycles. The predicted octanol–water partition coefficient (Wildman–Crippen LogP) is -18.0. The molecule has 0 aromatic carbocycles. The van der Waals surface area contributed by atoms with Crippen LogP contribution in [0.25, 0.3) is 0 Å². The molecule has 0 nitrogen and oxygen atoms in total. The molecular weight excluding hydrogens is 259 g/mol. The second-order valence-electron chi connectivity index (χ2n) is 0. The first kappa shape index (κ1) is 61.7. The number of halogens is 4. The van der Waals surface area contributed by atoms with Crippen LogP contribution in [0.3, 0.4) is 0 Å². The monoisotopic (exact) mass is 258 g/mol. The molecular formula is Cl3FFeK2. The summed E-state index contributed by atoms with van der Waals surface area (Å²) in [4.78, 5) is 0. The third kappa shape index (κ3) is 37.1. The fourth-order valence-corrected chi connectivity index (χ4v) is 0. The third-order valence-corrected chi connectivity index (χ3v) is 0. The van der Waals surface area contributed by atoms with Crippen LogP contribution in [0, 0.1) is 0 Å². The Hall–Kier alpha value is 4.59. The van der Waals surface area contributed by atoms with Crippen LogP contribution in [0.2, 0.25) is 0 Å². The predicted molar refractivity (Wildman–Crippen MR) is 0 cm³/mol. The quantitative estimate of drug-likeness (QED) is 0.379. The van der Waals surface area contributed by atoms with Crippen LogP contribution in [0.15, 0.2) is 0 Å². The van der Waals surface area contributed by atoms with E-state index < -0.39 is 0 Å². The Morgan fingerprint density at radius 1 is 0.571 bits per heavy atom. The van der Waals surface area contributed by atoms with Crippen LogP contribution >= 0.6 is 0 Å². The van der Waals surface area contributed by atoms with Crippen molar-refractivity contribution < 1.29 is 162 Å². The van der Waals surface area contributed by atoms with Gasteiger partial charge in [0.05, 0.1) is 0 Å². The fourth-order valence-electron chi connectivity index (χ4n) is 0. The number of hydrogen-bond donors (Lipinski definition) is 0. The van der Waals surface area contributed by atoms with E-state index in [1.54, 1.807) is 0 Å². The zero-order valence-corrected chi connectivity index (χ0v) is 13.5. The van der Waals surface area contributed by atoms with Gasteiger partial charge < -0.3 is 41.9 Å². The average Bonchev–Trinajstić information content (AvgIpc) is 0. The van der Waals surface area contributed by atoms with E-state index in [-0.39, 0.29) is 162 Å². The van der Waals surface area contributed by atoms with E-state index in [1.165, 1.54) is 0 Å². The maximum absolute atomic E-state index is 0. The zero-order chi connectivity index (χ0) is 0. The van der Waals surface area contributed by atoms with Gasteiger partial charge in [-0.05, 0) is 0 Å². The molecule has 0 saturated heterocycles. The summed E-state index contributed by atoms with van der Waals surface area (Å²) in [6.07, 6.45) is 0. The van der Waals surface area contributed by atoms with Gasteiger partial charge in [0.2, 0.25) is 0 Å². The Labute approximate surface area is 157 Å². The Morgan fingerprint density at radius 2 is 0.571 bits per heavy atom. The Balaban J connectivity index is 0. The van der Waals surface area contributed by atoms with Crippen LogP contribution in [0.1, 0.15) is 0 Å². The van der Waals surface area contributed by atoms with Gasteiger partial charge in [-0.3, -0.25) is 0 Å². The van der Waals surface area contributed by atoms with Crippen molar-refractivity contribution in [1.29, 1.82) is 0 Å². The number of hydrogen-bond acceptors (Lipinski definition) is 0. The van der Waals surface area contributed by atoms with Gasteiger partial charge in [0.1, 0.15) is 0 Å². The molecule has 0 atom stereocenters. The second-order valence-corrected chi connectivity index (χ2v) is 0. The Bertz CT molecular complexity index is 12.9. The van der Waals surface area contributed by atoms with Crippen molar-refractivity contribution in [2.24, 2.45) is 0 Å². The first-order valence-corrected chi connectivity index (χ1v) is 0. The minimum atomic E-state index is 0. The van der Waals surface area contributed by atoms with E-state index in [9.17, 15) is 0 Å². The van der Waals surface area contributed by atoms with E-state index >= 15 is 0 Å². The molecule has 0 rings (SSSR count). The van der Waals surface area contributed by atoms with E-state index in [0.29, 0.717) is 0 Å². The molecule has 0 aromatic heterocycles. The molecule has 0 spiro atoms. The van der Waals surface area contributed by atoms with Crippen LogP contribution in [-0.2, 0) is 17.1 Å². The smallest absolute Gasteiger partial charge is 1.00 e. The van der Waals surface area contributed by atoms with Crippen molar-refractivity contribution >= 4 is 0 Å². The molecule has 0 saturated carbocycles. The Morgan fingerprint density at radius 3 is 0.571 bits per heavy atom. The minimum absolute atomic E-state index is 0. The van der Waals surface area contributed by atoms with Gasteiger partial charge in [-0.15, -0.1) is 0 Å². The summed E-state index contributed by atoms with van der Waals surface area (Å²) in [5.41, 5.74) is 0. The third-order valence-electron chi connectivity index (χ3n) is 0. The SMILES string of the molecule is [Cl-].[Cl-].[Cl-].[F-].[Fe+2].[K+].[K+]. The van der Waals surface area contributed by atoms with Crippen molar-refractivity contribution in [2.75, 3.05) is 0 Å². The van der Waals surface area contributed by atoms with Crippen molar-refractivity contribution in [3.63, 3.8) is 0 Å². The normalized spacial score (nSPS) is 0. The van der Waals surface area contributed by atoms with Crippen LogP contribution in [-0.4, -0.2) is 0 Å². The molecule has 0 aliphatic carbocycles. The molecule has 0 aromatic rings. The molecule has 0 radical (unpaired) electrons. The second kappa shape index (κ2) is 46.2. The zero-order valence-electron chi connectivity index (χ0n) is 3.87. The summed E-state index contributed by atoms with van der Waals surface area (Å²) in [5.74, 6) is 0. The summed E-state index contributed by atoms with van der Waals surface area (Å²) < 4.78 is 0. The number of rotatable bonds is 0. The first-order valence-electron chi connectivity index (χ1n) is 0. The Kier molecular flexibility index (Phi) is 407. The van der Waals surface area contributed by atoms with Gasteiger partial charge in [0.25, 0.3) is 0 Å². The van der Waals surface area contributed by atoms with Gasteiger partial charge in [0.15, 0.2) is 0 Å². The summed E-state index contributed by atoms with van der Waals surface area (Å²) in [6, 6.07) is 0. The van der Waals surface area contributed by atoms with Crippen molar-refractivity contribution in [1.82, 2.24) is 0 Å². The standard InChI is InChI=1S/3ClH.FH.Fe.2K/h4*1H;;;/q;;;;+2;2*+1/p-4. The molecule has 0 N–H and O–H groups in total. The minimum Gasteiger partial charge on any atom is -1.00 e. The average molecular weight is 259 g/mol. The maximum atomic E-state index is 0. The summed E-state index contributed by atoms with van der Waals surface area (Å²) >= 11 is 0.